The van der Waals surface area contributed by atoms with Crippen LogP contribution in [0, 0.1) is 0 Å². The average Bonchev–Trinajstić information content (AvgIpc) is 2.32. The minimum absolute atomic E-state index is 1.15. The van der Waals surface area contributed by atoms with E-state index in [0.717, 1.165) is 5.57 Å². The number of hydrogen-bond donors (Lipinski definition) is 0. The standard InChI is InChI=1S/C18H12/c1-12(17-10-13-6-2-4-8-15(13)17)18-11-14-7-3-5-9-16(14)18/h2-11H,1H2. The van der Waals surface area contributed by atoms with Gasteiger partial charge in [0, 0.05) is 0 Å². The van der Waals surface area contributed by atoms with Gasteiger partial charge < -0.3 is 0 Å². The third-order valence-corrected chi connectivity index (χ3v) is 3.75. The average molecular weight is 228 g/mol. The summed E-state index contributed by atoms with van der Waals surface area (Å²) in [5.74, 6) is 0. The van der Waals surface area contributed by atoms with Crippen LogP contribution in [0.25, 0.3) is 23.3 Å². The van der Waals surface area contributed by atoms with E-state index in [1.54, 1.807) is 0 Å². The fourth-order valence-corrected chi connectivity index (χ4v) is 2.69. The molecule has 0 spiro atoms. The first-order valence-corrected chi connectivity index (χ1v) is 6.16. The van der Waals surface area contributed by atoms with Gasteiger partial charge >= 0.3 is 0 Å². The molecule has 0 aromatic heterocycles. The largest absolute Gasteiger partial charge is 0.0905 e. The molecule has 0 amide bonds. The first-order valence-electron chi connectivity index (χ1n) is 6.16. The maximum Gasteiger partial charge on any atom is -0.00990 e. The second-order valence-electron chi connectivity index (χ2n) is 4.77. The summed E-state index contributed by atoms with van der Waals surface area (Å²) in [4.78, 5) is 0. The number of benzene rings is 2. The van der Waals surface area contributed by atoms with Crippen LogP contribution >= 0.6 is 0 Å². The topological polar surface area (TPSA) is 0 Å². The number of fused-ring (bicyclic) bond motifs is 2. The molecule has 2 aromatic rings. The van der Waals surface area contributed by atoms with E-state index in [4.69, 9.17) is 0 Å². The first kappa shape index (κ1) is 9.67. The highest BCUT2D eigenvalue weighted by Crippen LogP contribution is 2.46. The highest BCUT2D eigenvalue weighted by Gasteiger charge is 2.24. The summed E-state index contributed by atoms with van der Waals surface area (Å²) in [5, 5.41) is 0. The molecule has 2 aliphatic carbocycles. The van der Waals surface area contributed by atoms with Crippen LogP contribution in [-0.2, 0) is 0 Å². The Morgan fingerprint density at radius 1 is 0.667 bits per heavy atom. The van der Waals surface area contributed by atoms with Crippen molar-refractivity contribution >= 4 is 23.3 Å². The van der Waals surface area contributed by atoms with Crippen LogP contribution < -0.4 is 0 Å². The second kappa shape index (κ2) is 3.33. The lowest BCUT2D eigenvalue weighted by Gasteiger charge is -2.27. The second-order valence-corrected chi connectivity index (χ2v) is 4.77. The summed E-state index contributed by atoms with van der Waals surface area (Å²) in [6, 6.07) is 17.0. The third-order valence-electron chi connectivity index (χ3n) is 3.75. The van der Waals surface area contributed by atoms with Gasteiger partial charge in [0.1, 0.15) is 0 Å². The smallest absolute Gasteiger partial charge is 0.00990 e. The van der Waals surface area contributed by atoms with Crippen LogP contribution in [0.5, 0.6) is 0 Å². The molecule has 0 unspecified atom stereocenters. The number of allylic oxidation sites excluding steroid dienone is 3. The molecule has 2 aliphatic rings. The van der Waals surface area contributed by atoms with E-state index in [2.05, 4.69) is 67.3 Å². The molecule has 18 heavy (non-hydrogen) atoms. The van der Waals surface area contributed by atoms with Gasteiger partial charge in [-0.2, -0.15) is 0 Å². The predicted octanol–water partition coefficient (Wildman–Crippen LogP) is 4.65. The van der Waals surface area contributed by atoms with Gasteiger partial charge in [0.25, 0.3) is 0 Å². The minimum atomic E-state index is 1.15. The maximum atomic E-state index is 4.26. The van der Waals surface area contributed by atoms with Crippen LogP contribution in [0.2, 0.25) is 0 Å². The number of rotatable bonds is 2. The Bertz CT molecular complexity index is 679. The van der Waals surface area contributed by atoms with E-state index in [9.17, 15) is 0 Å². The molecule has 0 radical (unpaired) electrons. The van der Waals surface area contributed by atoms with Crippen molar-refractivity contribution in [1.29, 1.82) is 0 Å². The van der Waals surface area contributed by atoms with Crippen molar-refractivity contribution in [2.24, 2.45) is 0 Å². The summed E-state index contributed by atoms with van der Waals surface area (Å²) in [7, 11) is 0. The molecule has 0 nitrogen and oxygen atoms in total. The van der Waals surface area contributed by atoms with Crippen LogP contribution in [0.15, 0.2) is 60.7 Å². The molecule has 0 saturated heterocycles. The van der Waals surface area contributed by atoms with Gasteiger partial charge in [-0.25, -0.2) is 0 Å². The monoisotopic (exact) mass is 228 g/mol. The van der Waals surface area contributed by atoms with Gasteiger partial charge in [0.05, 0.1) is 0 Å². The van der Waals surface area contributed by atoms with Gasteiger partial charge in [-0.1, -0.05) is 55.1 Å². The van der Waals surface area contributed by atoms with E-state index in [-0.39, 0.29) is 0 Å². The Labute approximate surface area is 107 Å². The highest BCUT2D eigenvalue weighted by atomic mass is 14.3. The van der Waals surface area contributed by atoms with Gasteiger partial charge in [0.15, 0.2) is 0 Å². The molecule has 0 heteroatoms. The molecule has 4 rings (SSSR count). The Balaban J connectivity index is 1.69. The fourth-order valence-electron chi connectivity index (χ4n) is 2.69. The lowest BCUT2D eigenvalue weighted by atomic mass is 9.76. The summed E-state index contributed by atoms with van der Waals surface area (Å²) in [6.07, 6.45) is 4.44. The highest BCUT2D eigenvalue weighted by molar-refractivity contribution is 6.16. The van der Waals surface area contributed by atoms with Gasteiger partial charge in [-0.15, -0.1) is 0 Å². The zero-order valence-corrected chi connectivity index (χ0v) is 9.98. The Hall–Kier alpha value is -2.34. The van der Waals surface area contributed by atoms with Crippen molar-refractivity contribution in [3.05, 3.63) is 82.9 Å². The summed E-state index contributed by atoms with van der Waals surface area (Å²) in [6.45, 7) is 4.26. The SMILES string of the molecule is C=C(C1=Cc2ccccc21)C1=Cc2ccccc21. The molecule has 0 fully saturated rings. The molecule has 0 bridgehead atoms. The molecule has 84 valence electrons. The summed E-state index contributed by atoms with van der Waals surface area (Å²) >= 11 is 0. The quantitative estimate of drug-likeness (QED) is 0.701. The normalized spacial score (nSPS) is 14.4. The summed E-state index contributed by atoms with van der Waals surface area (Å²) in [5.41, 5.74) is 9.01. The van der Waals surface area contributed by atoms with Gasteiger partial charge in [-0.05, 0) is 51.1 Å². The predicted molar refractivity (Wildman–Crippen MR) is 77.8 cm³/mol. The Kier molecular flexibility index (Phi) is 1.79. The van der Waals surface area contributed by atoms with E-state index in [1.807, 2.05) is 0 Å². The van der Waals surface area contributed by atoms with E-state index in [0.29, 0.717) is 0 Å². The minimum Gasteiger partial charge on any atom is -0.0905 e. The third kappa shape index (κ3) is 1.15. The van der Waals surface area contributed by atoms with Crippen LogP contribution in [0.3, 0.4) is 0 Å². The van der Waals surface area contributed by atoms with Crippen LogP contribution in [0.4, 0.5) is 0 Å². The van der Waals surface area contributed by atoms with Gasteiger partial charge in [0.2, 0.25) is 0 Å². The van der Waals surface area contributed by atoms with Crippen molar-refractivity contribution in [2.75, 3.05) is 0 Å². The lowest BCUT2D eigenvalue weighted by Crippen LogP contribution is -2.06. The van der Waals surface area contributed by atoms with E-state index in [1.165, 1.54) is 33.4 Å². The van der Waals surface area contributed by atoms with Crippen molar-refractivity contribution in [1.82, 2.24) is 0 Å². The van der Waals surface area contributed by atoms with Crippen molar-refractivity contribution < 1.29 is 0 Å². The molecule has 2 aromatic carbocycles. The molecular formula is C18H12. The van der Waals surface area contributed by atoms with Gasteiger partial charge in [-0.3, -0.25) is 0 Å². The molecule has 0 N–H and O–H groups in total. The molecule has 0 saturated carbocycles. The number of hydrogen-bond acceptors (Lipinski definition) is 0. The fraction of sp³-hybridized carbons (Fsp3) is 0. The van der Waals surface area contributed by atoms with E-state index < -0.39 is 0 Å². The lowest BCUT2D eigenvalue weighted by molar-refractivity contribution is 1.47. The first-order chi connectivity index (χ1) is 8.84. The Morgan fingerprint density at radius 2 is 1.11 bits per heavy atom. The zero-order chi connectivity index (χ0) is 12.1. The van der Waals surface area contributed by atoms with Crippen LogP contribution in [0.1, 0.15) is 22.3 Å². The van der Waals surface area contributed by atoms with Crippen LogP contribution in [-0.4, -0.2) is 0 Å². The van der Waals surface area contributed by atoms with Crippen molar-refractivity contribution in [3.8, 4) is 0 Å². The molecule has 0 aliphatic heterocycles. The molecular weight excluding hydrogens is 216 g/mol. The Morgan fingerprint density at radius 3 is 1.56 bits per heavy atom. The maximum absolute atomic E-state index is 4.26. The van der Waals surface area contributed by atoms with Crippen molar-refractivity contribution in [3.63, 3.8) is 0 Å². The molecule has 0 heterocycles. The van der Waals surface area contributed by atoms with Crippen molar-refractivity contribution in [2.45, 2.75) is 0 Å². The zero-order valence-electron chi connectivity index (χ0n) is 9.98. The van der Waals surface area contributed by atoms with E-state index >= 15 is 0 Å². The molecule has 0 atom stereocenters. The summed E-state index contributed by atoms with van der Waals surface area (Å²) < 4.78 is 0.